The Bertz CT molecular complexity index is 1510. The van der Waals surface area contributed by atoms with Crippen LogP contribution in [0.1, 0.15) is 34.8 Å². The first-order chi connectivity index (χ1) is 16.1. The number of aromatic amines is 1. The summed E-state index contributed by atoms with van der Waals surface area (Å²) in [7, 11) is 3.21. The van der Waals surface area contributed by atoms with Crippen molar-refractivity contribution in [3.63, 3.8) is 0 Å². The summed E-state index contributed by atoms with van der Waals surface area (Å²) in [4.78, 5) is 31.8. The summed E-state index contributed by atoms with van der Waals surface area (Å²) in [5.74, 6) is -0.583. The van der Waals surface area contributed by atoms with Crippen LogP contribution >= 0.6 is 11.3 Å². The minimum atomic E-state index is -1.08. The molecule has 0 bridgehead atoms. The molecule has 4 heterocycles. The number of amides is 1. The lowest BCUT2D eigenvalue weighted by atomic mass is 10.1. The number of hydrogen-bond acceptors (Lipinski definition) is 5. The van der Waals surface area contributed by atoms with E-state index in [1.165, 1.54) is 29.0 Å². The van der Waals surface area contributed by atoms with Gasteiger partial charge < -0.3 is 24.9 Å². The first-order valence-electron chi connectivity index (χ1n) is 11.0. The number of halogens is 1. The van der Waals surface area contributed by atoms with Gasteiger partial charge in [0.2, 0.25) is 0 Å². The van der Waals surface area contributed by atoms with E-state index in [-0.39, 0.29) is 17.3 Å². The molecule has 176 valence electrons. The van der Waals surface area contributed by atoms with Crippen LogP contribution < -0.4 is 15.8 Å². The van der Waals surface area contributed by atoms with Gasteiger partial charge in [0.1, 0.15) is 17.0 Å². The molecule has 34 heavy (non-hydrogen) atoms. The van der Waals surface area contributed by atoms with E-state index < -0.39 is 5.60 Å². The van der Waals surface area contributed by atoms with E-state index in [4.69, 9.17) is 0 Å². The Morgan fingerprint density at radius 3 is 2.71 bits per heavy atom. The maximum absolute atomic E-state index is 13.8. The zero-order valence-electron chi connectivity index (χ0n) is 19.3. The first kappa shape index (κ1) is 22.4. The molecule has 0 spiro atoms. The van der Waals surface area contributed by atoms with Crippen LogP contribution in [-0.4, -0.2) is 34.2 Å². The van der Waals surface area contributed by atoms with Crippen molar-refractivity contribution in [3.8, 4) is 10.4 Å². The summed E-state index contributed by atoms with van der Waals surface area (Å²) < 4.78 is 15.3. The van der Waals surface area contributed by atoms with Gasteiger partial charge in [-0.1, -0.05) is 0 Å². The average Bonchev–Trinajstić information content (AvgIpc) is 3.51. The summed E-state index contributed by atoms with van der Waals surface area (Å²) in [5.41, 5.74) is 2.81. The molecule has 4 aromatic rings. The maximum Gasteiger partial charge on any atom is 0.274 e. The van der Waals surface area contributed by atoms with Crippen LogP contribution in [0.15, 0.2) is 41.3 Å². The molecule has 0 radical (unpaired) electrons. The van der Waals surface area contributed by atoms with Gasteiger partial charge in [-0.3, -0.25) is 9.59 Å². The SMILES string of the molecule is CNC(=O)c1cc2c(-c3sc(C(C)(C)O)cc3N3CCc4cc(F)ccc43)cn(C)c(=O)c2[nH]1. The summed E-state index contributed by atoms with van der Waals surface area (Å²) in [5, 5.41) is 14.0. The van der Waals surface area contributed by atoms with Gasteiger partial charge in [0.15, 0.2) is 0 Å². The lowest BCUT2D eigenvalue weighted by molar-refractivity contribution is 0.0825. The molecule has 1 aliphatic heterocycles. The van der Waals surface area contributed by atoms with Crippen molar-refractivity contribution in [1.82, 2.24) is 14.9 Å². The number of carbonyl (C=O) groups is 1. The number of thiophene rings is 1. The fourth-order valence-electron chi connectivity index (χ4n) is 4.47. The van der Waals surface area contributed by atoms with Gasteiger partial charge in [0.05, 0.1) is 16.2 Å². The highest BCUT2D eigenvalue weighted by molar-refractivity contribution is 7.16. The minimum Gasteiger partial charge on any atom is -0.385 e. The van der Waals surface area contributed by atoms with Crippen LogP contribution in [0.4, 0.5) is 15.8 Å². The number of anilines is 2. The van der Waals surface area contributed by atoms with Gasteiger partial charge in [0.25, 0.3) is 11.5 Å². The van der Waals surface area contributed by atoms with Gasteiger partial charge in [-0.15, -0.1) is 11.3 Å². The molecule has 1 aromatic carbocycles. The predicted molar refractivity (Wildman–Crippen MR) is 133 cm³/mol. The summed E-state index contributed by atoms with van der Waals surface area (Å²) >= 11 is 1.44. The van der Waals surface area contributed by atoms with Gasteiger partial charge in [-0.2, -0.15) is 0 Å². The molecule has 1 amide bonds. The number of benzene rings is 1. The van der Waals surface area contributed by atoms with Crippen molar-refractivity contribution >= 4 is 39.5 Å². The number of nitrogens with zero attached hydrogens (tertiary/aromatic N) is 2. The molecule has 0 atom stereocenters. The van der Waals surface area contributed by atoms with Gasteiger partial charge in [-0.05, 0) is 56.2 Å². The molecule has 7 nitrogen and oxygen atoms in total. The number of aromatic nitrogens is 2. The molecule has 0 fully saturated rings. The van der Waals surface area contributed by atoms with E-state index in [0.29, 0.717) is 29.6 Å². The quantitative estimate of drug-likeness (QED) is 0.412. The second-order valence-electron chi connectivity index (χ2n) is 9.07. The highest BCUT2D eigenvalue weighted by atomic mass is 32.1. The molecule has 1 aliphatic rings. The molecular formula is C25H25FN4O3S. The second-order valence-corrected chi connectivity index (χ2v) is 10.1. The van der Waals surface area contributed by atoms with Crippen LogP contribution in [-0.2, 0) is 19.1 Å². The number of pyridine rings is 1. The fraction of sp³-hybridized carbons (Fsp3) is 0.280. The van der Waals surface area contributed by atoms with E-state index >= 15 is 0 Å². The average molecular weight is 481 g/mol. The highest BCUT2D eigenvalue weighted by Crippen LogP contribution is 2.48. The summed E-state index contributed by atoms with van der Waals surface area (Å²) in [6.45, 7) is 4.13. The van der Waals surface area contributed by atoms with Gasteiger partial charge in [0, 0.05) is 48.4 Å². The molecule has 3 aromatic heterocycles. The van der Waals surface area contributed by atoms with E-state index in [1.807, 2.05) is 6.07 Å². The van der Waals surface area contributed by atoms with Crippen LogP contribution in [0.5, 0.6) is 0 Å². The Hall–Kier alpha value is -3.43. The first-order valence-corrected chi connectivity index (χ1v) is 11.8. The molecule has 0 saturated heterocycles. The van der Waals surface area contributed by atoms with E-state index in [1.54, 1.807) is 45.3 Å². The monoisotopic (exact) mass is 480 g/mol. The zero-order chi connectivity index (χ0) is 24.4. The number of carbonyl (C=O) groups excluding carboxylic acids is 1. The van der Waals surface area contributed by atoms with E-state index in [9.17, 15) is 19.1 Å². The van der Waals surface area contributed by atoms with Crippen molar-refractivity contribution < 1.29 is 14.3 Å². The number of H-pyrrole nitrogens is 1. The molecule has 9 heteroatoms. The van der Waals surface area contributed by atoms with Gasteiger partial charge in [-0.25, -0.2) is 4.39 Å². The number of nitrogens with one attached hydrogen (secondary N) is 2. The highest BCUT2D eigenvalue weighted by Gasteiger charge is 2.30. The van der Waals surface area contributed by atoms with Crippen molar-refractivity contribution in [1.29, 1.82) is 0 Å². The molecule has 0 aliphatic carbocycles. The molecule has 3 N–H and O–H groups in total. The smallest absolute Gasteiger partial charge is 0.274 e. The standard InChI is InChI=1S/C25H25FN4O3S/c1-25(2,33)20-11-19(30-8-7-13-9-14(26)5-6-18(13)30)22(34-20)16-12-29(4)24(32)21-15(16)10-17(28-21)23(31)27-3/h5-6,9-12,28,33H,7-8H2,1-4H3,(H,27,31). The Kier molecular flexibility index (Phi) is 5.14. The Morgan fingerprint density at radius 1 is 1.24 bits per heavy atom. The molecule has 0 unspecified atom stereocenters. The third kappa shape index (κ3) is 3.52. The zero-order valence-corrected chi connectivity index (χ0v) is 20.1. The predicted octanol–water partition coefficient (Wildman–Crippen LogP) is 4.02. The van der Waals surface area contributed by atoms with Crippen molar-refractivity contribution in [3.05, 3.63) is 68.8 Å². The maximum atomic E-state index is 13.8. The van der Waals surface area contributed by atoms with Crippen LogP contribution in [0, 0.1) is 5.82 Å². The van der Waals surface area contributed by atoms with Gasteiger partial charge >= 0.3 is 0 Å². The third-order valence-corrected chi connectivity index (χ3v) is 7.69. The Balaban J connectivity index is 1.78. The summed E-state index contributed by atoms with van der Waals surface area (Å²) in [6.07, 6.45) is 2.46. The molecular weight excluding hydrogens is 455 g/mol. The second kappa shape index (κ2) is 7.82. The normalized spacial score (nSPS) is 13.5. The van der Waals surface area contributed by atoms with E-state index in [2.05, 4.69) is 15.2 Å². The Morgan fingerprint density at radius 2 is 2.00 bits per heavy atom. The van der Waals surface area contributed by atoms with Crippen LogP contribution in [0.3, 0.4) is 0 Å². The largest absolute Gasteiger partial charge is 0.385 e. The number of aryl methyl sites for hydroxylation is 1. The topological polar surface area (TPSA) is 90.4 Å². The number of rotatable bonds is 4. The Labute approximate surface area is 199 Å². The number of hydrogen-bond donors (Lipinski definition) is 3. The third-order valence-electron chi connectivity index (χ3n) is 6.22. The van der Waals surface area contributed by atoms with Crippen molar-refractivity contribution in [2.75, 3.05) is 18.5 Å². The molecule has 0 saturated carbocycles. The van der Waals surface area contributed by atoms with Crippen molar-refractivity contribution in [2.24, 2.45) is 7.05 Å². The lowest BCUT2D eigenvalue weighted by Gasteiger charge is -2.21. The summed E-state index contributed by atoms with van der Waals surface area (Å²) in [6, 6.07) is 8.43. The fourth-order valence-corrected chi connectivity index (χ4v) is 5.66. The minimum absolute atomic E-state index is 0.239. The van der Waals surface area contributed by atoms with Crippen LogP contribution in [0.25, 0.3) is 21.3 Å². The number of aliphatic hydroxyl groups is 1. The lowest BCUT2D eigenvalue weighted by Crippen LogP contribution is -2.19. The van der Waals surface area contributed by atoms with Crippen LogP contribution in [0.2, 0.25) is 0 Å². The van der Waals surface area contributed by atoms with Crippen molar-refractivity contribution in [2.45, 2.75) is 25.9 Å². The number of fused-ring (bicyclic) bond motifs is 2. The van der Waals surface area contributed by atoms with E-state index in [0.717, 1.165) is 32.3 Å². The molecule has 5 rings (SSSR count).